The van der Waals surface area contributed by atoms with Crippen LogP contribution in [0.25, 0.3) is 5.82 Å². The molecular weight excluding hydrogens is 495 g/mol. The molecule has 0 aliphatic carbocycles. The van der Waals surface area contributed by atoms with Gasteiger partial charge in [-0.25, -0.2) is 14.7 Å². The molecule has 0 spiro atoms. The van der Waals surface area contributed by atoms with E-state index in [4.69, 9.17) is 9.73 Å². The molecule has 1 aliphatic rings. The average Bonchev–Trinajstić information content (AvgIpc) is 3.43. The van der Waals surface area contributed by atoms with Gasteiger partial charge >= 0.3 is 0 Å². The van der Waals surface area contributed by atoms with Crippen LogP contribution in [0.5, 0.6) is 0 Å². The van der Waals surface area contributed by atoms with Crippen LogP contribution in [0, 0.1) is 0 Å². The van der Waals surface area contributed by atoms with Gasteiger partial charge in [0, 0.05) is 50.5 Å². The van der Waals surface area contributed by atoms with E-state index in [-0.39, 0.29) is 30.1 Å². The number of halogens is 1. The van der Waals surface area contributed by atoms with Gasteiger partial charge in [0.2, 0.25) is 0 Å². The number of ether oxygens (including phenoxy) is 1. The summed E-state index contributed by atoms with van der Waals surface area (Å²) in [5.41, 5.74) is 2.17. The normalized spacial score (nSPS) is 16.9. The number of rotatable bonds is 5. The van der Waals surface area contributed by atoms with Crippen molar-refractivity contribution in [3.63, 3.8) is 0 Å². The zero-order valence-corrected chi connectivity index (χ0v) is 19.5. The van der Waals surface area contributed by atoms with Gasteiger partial charge in [0.05, 0.1) is 25.9 Å². The largest absolute Gasteiger partial charge is 0.370 e. The summed E-state index contributed by atoms with van der Waals surface area (Å²) < 4.78 is 9.51. The average molecular weight is 522 g/mol. The van der Waals surface area contributed by atoms with Gasteiger partial charge in [-0.1, -0.05) is 0 Å². The van der Waals surface area contributed by atoms with Crippen LogP contribution in [0.2, 0.25) is 0 Å². The Morgan fingerprint density at radius 1 is 1.33 bits per heavy atom. The molecule has 10 heteroatoms. The molecule has 0 saturated carbocycles. The highest BCUT2D eigenvalue weighted by atomic mass is 127. The van der Waals surface area contributed by atoms with E-state index in [0.29, 0.717) is 13.2 Å². The lowest BCUT2D eigenvalue weighted by Gasteiger charge is -2.34. The van der Waals surface area contributed by atoms with E-state index < -0.39 is 0 Å². The monoisotopic (exact) mass is 522 g/mol. The van der Waals surface area contributed by atoms with Crippen LogP contribution in [0.3, 0.4) is 0 Å². The van der Waals surface area contributed by atoms with E-state index in [2.05, 4.69) is 32.3 Å². The van der Waals surface area contributed by atoms with Crippen molar-refractivity contribution in [3.8, 4) is 5.82 Å². The Hall–Kier alpha value is -2.47. The van der Waals surface area contributed by atoms with Crippen molar-refractivity contribution in [3.05, 3.63) is 60.3 Å². The van der Waals surface area contributed by atoms with E-state index in [1.54, 1.807) is 21.8 Å². The molecule has 160 valence electrons. The second kappa shape index (κ2) is 10.5. The summed E-state index contributed by atoms with van der Waals surface area (Å²) >= 11 is 0. The Kier molecular flexibility index (Phi) is 7.80. The molecule has 0 aromatic carbocycles. The maximum absolute atomic E-state index is 5.96. The standard InChI is InChI=1S/C20H26N8O.HI/c1-3-21-20(27-9-10-29-18(15-27)17-13-25-26(2)14-17)23-12-16-5-7-22-19(11-16)28-8-4-6-24-28;/h4-8,11,13-14,18H,3,9-10,12,15H2,1-2H3,(H,21,23);1H. The molecule has 9 nitrogen and oxygen atoms in total. The minimum atomic E-state index is -0.00588. The molecular formula is C20H27IN8O. The first-order chi connectivity index (χ1) is 14.2. The maximum Gasteiger partial charge on any atom is 0.194 e. The summed E-state index contributed by atoms with van der Waals surface area (Å²) in [6.07, 6.45) is 9.28. The fourth-order valence-electron chi connectivity index (χ4n) is 3.33. The summed E-state index contributed by atoms with van der Waals surface area (Å²) in [5.74, 6) is 1.68. The number of aryl methyl sites for hydroxylation is 1. The predicted octanol–water partition coefficient (Wildman–Crippen LogP) is 2.16. The van der Waals surface area contributed by atoms with Crippen LogP contribution in [0.1, 0.15) is 24.2 Å². The topological polar surface area (TPSA) is 85.4 Å². The summed E-state index contributed by atoms with van der Waals surface area (Å²) in [5, 5.41) is 11.9. The van der Waals surface area contributed by atoms with E-state index in [1.807, 2.05) is 43.8 Å². The van der Waals surface area contributed by atoms with Gasteiger partial charge in [0.25, 0.3) is 0 Å². The molecule has 1 N–H and O–H groups in total. The van der Waals surface area contributed by atoms with E-state index in [9.17, 15) is 0 Å². The van der Waals surface area contributed by atoms with E-state index in [0.717, 1.165) is 42.5 Å². The van der Waals surface area contributed by atoms with Gasteiger partial charge in [-0.15, -0.1) is 24.0 Å². The number of hydrogen-bond donors (Lipinski definition) is 1. The number of guanidine groups is 1. The first-order valence-corrected chi connectivity index (χ1v) is 9.81. The highest BCUT2D eigenvalue weighted by molar-refractivity contribution is 14.0. The minimum absolute atomic E-state index is 0. The smallest absolute Gasteiger partial charge is 0.194 e. The summed E-state index contributed by atoms with van der Waals surface area (Å²) in [6, 6.07) is 5.88. The molecule has 3 aromatic rings. The SMILES string of the molecule is CCNC(=NCc1ccnc(-n2cccn2)c1)N1CCOC(c2cnn(C)c2)C1.I. The molecule has 1 fully saturated rings. The van der Waals surface area contributed by atoms with Crippen LogP contribution >= 0.6 is 24.0 Å². The summed E-state index contributed by atoms with van der Waals surface area (Å²) in [7, 11) is 1.92. The third-order valence-corrected chi connectivity index (χ3v) is 4.76. The van der Waals surface area contributed by atoms with Crippen LogP contribution in [-0.4, -0.2) is 61.6 Å². The Bertz CT molecular complexity index is 955. The van der Waals surface area contributed by atoms with Crippen LogP contribution in [-0.2, 0) is 18.3 Å². The van der Waals surface area contributed by atoms with Crippen molar-refractivity contribution in [1.82, 2.24) is 34.8 Å². The van der Waals surface area contributed by atoms with Crippen molar-refractivity contribution in [1.29, 1.82) is 0 Å². The molecule has 1 atom stereocenters. The lowest BCUT2D eigenvalue weighted by Crippen LogP contribution is -2.48. The Labute approximate surface area is 193 Å². The van der Waals surface area contributed by atoms with Crippen LogP contribution in [0.15, 0.2) is 54.2 Å². The van der Waals surface area contributed by atoms with Gasteiger partial charge in [0.1, 0.15) is 6.10 Å². The maximum atomic E-state index is 5.96. The number of pyridine rings is 1. The zero-order valence-electron chi connectivity index (χ0n) is 17.2. The third-order valence-electron chi connectivity index (χ3n) is 4.76. The molecule has 1 saturated heterocycles. The second-order valence-corrected chi connectivity index (χ2v) is 6.90. The number of morpholine rings is 1. The molecule has 0 radical (unpaired) electrons. The fourth-order valence-corrected chi connectivity index (χ4v) is 3.33. The molecule has 0 amide bonds. The van der Waals surface area contributed by atoms with Crippen molar-refractivity contribution in [2.45, 2.75) is 19.6 Å². The molecule has 4 heterocycles. The van der Waals surface area contributed by atoms with E-state index >= 15 is 0 Å². The molecule has 1 unspecified atom stereocenters. The number of nitrogens with one attached hydrogen (secondary N) is 1. The lowest BCUT2D eigenvalue weighted by atomic mass is 10.1. The minimum Gasteiger partial charge on any atom is -0.370 e. The van der Waals surface area contributed by atoms with Gasteiger partial charge in [0.15, 0.2) is 11.8 Å². The zero-order chi connectivity index (χ0) is 20.1. The summed E-state index contributed by atoms with van der Waals surface area (Å²) in [6.45, 7) is 5.65. The van der Waals surface area contributed by atoms with Gasteiger partial charge in [-0.3, -0.25) is 4.68 Å². The molecule has 0 bridgehead atoms. The fraction of sp³-hybridized carbons (Fsp3) is 0.400. The van der Waals surface area contributed by atoms with Crippen molar-refractivity contribution >= 4 is 29.9 Å². The predicted molar refractivity (Wildman–Crippen MR) is 125 cm³/mol. The van der Waals surface area contributed by atoms with E-state index in [1.165, 1.54) is 0 Å². The highest BCUT2D eigenvalue weighted by Gasteiger charge is 2.25. The number of nitrogens with zero attached hydrogens (tertiary/aromatic N) is 7. The molecule has 4 rings (SSSR count). The van der Waals surface area contributed by atoms with Crippen molar-refractivity contribution in [2.24, 2.45) is 12.0 Å². The Balaban J connectivity index is 0.00000256. The first-order valence-electron chi connectivity index (χ1n) is 9.81. The van der Waals surface area contributed by atoms with Gasteiger partial charge in [-0.05, 0) is 30.7 Å². The molecule has 3 aromatic heterocycles. The Morgan fingerprint density at radius 3 is 2.97 bits per heavy atom. The second-order valence-electron chi connectivity index (χ2n) is 6.90. The lowest BCUT2D eigenvalue weighted by molar-refractivity contribution is -0.00805. The number of aliphatic imine (C=N–C) groups is 1. The quantitative estimate of drug-likeness (QED) is 0.314. The van der Waals surface area contributed by atoms with Crippen LogP contribution < -0.4 is 5.32 Å². The van der Waals surface area contributed by atoms with Crippen molar-refractivity contribution < 1.29 is 4.74 Å². The summed E-state index contributed by atoms with van der Waals surface area (Å²) in [4.78, 5) is 11.5. The van der Waals surface area contributed by atoms with Crippen LogP contribution in [0.4, 0.5) is 0 Å². The van der Waals surface area contributed by atoms with Gasteiger partial charge < -0.3 is 15.0 Å². The third kappa shape index (κ3) is 5.36. The molecule has 1 aliphatic heterocycles. The number of aromatic nitrogens is 5. The number of hydrogen-bond acceptors (Lipinski definition) is 5. The van der Waals surface area contributed by atoms with Crippen molar-refractivity contribution in [2.75, 3.05) is 26.2 Å². The molecule has 30 heavy (non-hydrogen) atoms. The first kappa shape index (κ1) is 22.2. The highest BCUT2D eigenvalue weighted by Crippen LogP contribution is 2.21. The van der Waals surface area contributed by atoms with Gasteiger partial charge in [-0.2, -0.15) is 10.2 Å². The Morgan fingerprint density at radius 2 is 2.23 bits per heavy atom.